The number of hydrogen-bond acceptors (Lipinski definition) is 3. The SMILES string of the molecule is C=C(CNC1CC1)CN1CCn2ccnc2C1. The van der Waals surface area contributed by atoms with E-state index in [9.17, 15) is 0 Å². The summed E-state index contributed by atoms with van der Waals surface area (Å²) in [4.78, 5) is 6.80. The van der Waals surface area contributed by atoms with Gasteiger partial charge in [0, 0.05) is 44.6 Å². The van der Waals surface area contributed by atoms with Crippen LogP contribution in [0.1, 0.15) is 18.7 Å². The first-order chi connectivity index (χ1) is 8.31. The molecule has 1 fully saturated rings. The molecular formula is C13H20N4. The number of hydrogen-bond donors (Lipinski definition) is 1. The maximum Gasteiger partial charge on any atom is 0.122 e. The predicted molar refractivity (Wildman–Crippen MR) is 67.7 cm³/mol. The third kappa shape index (κ3) is 2.76. The number of nitrogens with one attached hydrogen (secondary N) is 1. The van der Waals surface area contributed by atoms with E-state index in [4.69, 9.17) is 0 Å². The van der Waals surface area contributed by atoms with Gasteiger partial charge in [-0.25, -0.2) is 4.98 Å². The second kappa shape index (κ2) is 4.63. The van der Waals surface area contributed by atoms with Gasteiger partial charge < -0.3 is 9.88 Å². The summed E-state index contributed by atoms with van der Waals surface area (Å²) in [6, 6.07) is 0.770. The molecule has 1 aromatic rings. The Kier molecular flexibility index (Phi) is 2.99. The molecule has 2 aliphatic rings. The summed E-state index contributed by atoms with van der Waals surface area (Å²) in [5, 5.41) is 3.51. The topological polar surface area (TPSA) is 33.1 Å². The molecule has 0 aromatic carbocycles. The van der Waals surface area contributed by atoms with Gasteiger partial charge in [0.15, 0.2) is 0 Å². The minimum absolute atomic E-state index is 0.770. The summed E-state index contributed by atoms with van der Waals surface area (Å²) in [5.41, 5.74) is 1.29. The van der Waals surface area contributed by atoms with E-state index < -0.39 is 0 Å². The number of aromatic nitrogens is 2. The Hall–Kier alpha value is -1.13. The van der Waals surface area contributed by atoms with Crippen molar-refractivity contribution in [3.8, 4) is 0 Å². The fourth-order valence-corrected chi connectivity index (χ4v) is 2.31. The lowest BCUT2D eigenvalue weighted by molar-refractivity contribution is 0.233. The lowest BCUT2D eigenvalue weighted by Crippen LogP contribution is -2.36. The molecule has 3 rings (SSSR count). The maximum atomic E-state index is 4.37. The van der Waals surface area contributed by atoms with Crippen molar-refractivity contribution in [1.82, 2.24) is 19.8 Å². The highest BCUT2D eigenvalue weighted by atomic mass is 15.2. The zero-order valence-corrected chi connectivity index (χ0v) is 10.2. The van der Waals surface area contributed by atoms with Crippen LogP contribution < -0.4 is 5.32 Å². The minimum Gasteiger partial charge on any atom is -0.333 e. The normalized spacial score (nSPS) is 20.2. The van der Waals surface area contributed by atoms with Crippen molar-refractivity contribution >= 4 is 0 Å². The molecule has 0 unspecified atom stereocenters. The molecule has 0 bridgehead atoms. The van der Waals surface area contributed by atoms with Crippen LogP contribution in [0, 0.1) is 0 Å². The molecule has 0 amide bonds. The van der Waals surface area contributed by atoms with Crippen LogP contribution in [0.4, 0.5) is 0 Å². The van der Waals surface area contributed by atoms with Crippen LogP contribution in [0.25, 0.3) is 0 Å². The number of rotatable bonds is 5. The standard InChI is InChI=1S/C13H20N4/c1-11(8-15-12-2-3-12)9-16-6-7-17-5-4-14-13(17)10-16/h4-5,12,15H,1-3,6-10H2. The molecule has 1 aromatic heterocycles. The Morgan fingerprint density at radius 1 is 1.47 bits per heavy atom. The van der Waals surface area contributed by atoms with Gasteiger partial charge in [0.2, 0.25) is 0 Å². The van der Waals surface area contributed by atoms with Crippen LogP contribution in [0.15, 0.2) is 24.5 Å². The Morgan fingerprint density at radius 3 is 3.18 bits per heavy atom. The number of fused-ring (bicyclic) bond motifs is 1. The molecule has 0 radical (unpaired) electrons. The highest BCUT2D eigenvalue weighted by Crippen LogP contribution is 2.19. The molecule has 1 aliphatic carbocycles. The van der Waals surface area contributed by atoms with E-state index in [1.54, 1.807) is 0 Å². The molecule has 0 saturated heterocycles. The van der Waals surface area contributed by atoms with Crippen LogP contribution in [0.3, 0.4) is 0 Å². The van der Waals surface area contributed by atoms with Crippen molar-refractivity contribution in [3.63, 3.8) is 0 Å². The quantitative estimate of drug-likeness (QED) is 0.769. The molecule has 92 valence electrons. The van der Waals surface area contributed by atoms with E-state index in [0.717, 1.165) is 38.8 Å². The maximum absolute atomic E-state index is 4.37. The molecule has 4 nitrogen and oxygen atoms in total. The van der Waals surface area contributed by atoms with Gasteiger partial charge in [-0.2, -0.15) is 0 Å². The molecule has 0 spiro atoms. The van der Waals surface area contributed by atoms with Gasteiger partial charge in [-0.05, 0) is 18.4 Å². The van der Waals surface area contributed by atoms with E-state index in [1.807, 2.05) is 6.20 Å². The smallest absolute Gasteiger partial charge is 0.122 e. The molecule has 17 heavy (non-hydrogen) atoms. The lowest BCUT2D eigenvalue weighted by Gasteiger charge is -2.28. The van der Waals surface area contributed by atoms with Gasteiger partial charge in [-0.3, -0.25) is 4.90 Å². The van der Waals surface area contributed by atoms with E-state index in [1.165, 1.54) is 24.2 Å². The third-order valence-electron chi connectivity index (χ3n) is 3.49. The summed E-state index contributed by atoms with van der Waals surface area (Å²) in [5.74, 6) is 1.18. The average molecular weight is 232 g/mol. The van der Waals surface area contributed by atoms with Gasteiger partial charge in [-0.15, -0.1) is 0 Å². The largest absolute Gasteiger partial charge is 0.333 e. The van der Waals surface area contributed by atoms with Crippen molar-refractivity contribution in [2.45, 2.75) is 32.0 Å². The summed E-state index contributed by atoms with van der Waals surface area (Å²) >= 11 is 0. The first-order valence-electron chi connectivity index (χ1n) is 6.43. The zero-order valence-electron chi connectivity index (χ0n) is 10.2. The fourth-order valence-electron chi connectivity index (χ4n) is 2.31. The van der Waals surface area contributed by atoms with Gasteiger partial charge in [0.1, 0.15) is 5.82 Å². The Labute approximate surface area is 102 Å². The van der Waals surface area contributed by atoms with Gasteiger partial charge in [0.25, 0.3) is 0 Å². The predicted octanol–water partition coefficient (Wildman–Crippen LogP) is 1.01. The average Bonchev–Trinajstić information content (AvgIpc) is 3.04. The van der Waals surface area contributed by atoms with Crippen LogP contribution >= 0.6 is 0 Å². The van der Waals surface area contributed by atoms with E-state index in [-0.39, 0.29) is 0 Å². The molecule has 1 aliphatic heterocycles. The highest BCUT2D eigenvalue weighted by molar-refractivity contribution is 5.04. The van der Waals surface area contributed by atoms with Crippen molar-refractivity contribution < 1.29 is 0 Å². The molecular weight excluding hydrogens is 212 g/mol. The Morgan fingerprint density at radius 2 is 2.35 bits per heavy atom. The number of imidazole rings is 1. The minimum atomic E-state index is 0.770. The molecule has 0 atom stereocenters. The Balaban J connectivity index is 1.47. The summed E-state index contributed by atoms with van der Waals surface area (Å²) < 4.78 is 2.24. The summed E-state index contributed by atoms with van der Waals surface area (Å²) in [6.45, 7) is 9.23. The molecule has 1 N–H and O–H groups in total. The first kappa shape index (κ1) is 11.0. The van der Waals surface area contributed by atoms with Crippen molar-refractivity contribution in [2.24, 2.45) is 0 Å². The molecule has 1 saturated carbocycles. The number of nitrogens with zero attached hydrogens (tertiary/aromatic N) is 3. The van der Waals surface area contributed by atoms with E-state index in [2.05, 4.69) is 32.5 Å². The third-order valence-corrected chi connectivity index (χ3v) is 3.49. The van der Waals surface area contributed by atoms with Crippen molar-refractivity contribution in [2.75, 3.05) is 19.6 Å². The second-order valence-corrected chi connectivity index (χ2v) is 5.15. The zero-order chi connectivity index (χ0) is 11.7. The van der Waals surface area contributed by atoms with Crippen LogP contribution in [0.2, 0.25) is 0 Å². The van der Waals surface area contributed by atoms with Gasteiger partial charge >= 0.3 is 0 Å². The lowest BCUT2D eigenvalue weighted by atomic mass is 10.2. The van der Waals surface area contributed by atoms with Gasteiger partial charge in [-0.1, -0.05) is 6.58 Å². The van der Waals surface area contributed by atoms with Crippen LogP contribution in [-0.4, -0.2) is 40.1 Å². The molecule has 2 heterocycles. The van der Waals surface area contributed by atoms with Crippen LogP contribution in [-0.2, 0) is 13.1 Å². The first-order valence-corrected chi connectivity index (χ1v) is 6.43. The summed E-state index contributed by atoms with van der Waals surface area (Å²) in [7, 11) is 0. The fraction of sp³-hybridized carbons (Fsp3) is 0.615. The van der Waals surface area contributed by atoms with E-state index in [0.29, 0.717) is 0 Å². The van der Waals surface area contributed by atoms with Crippen molar-refractivity contribution in [3.05, 3.63) is 30.4 Å². The van der Waals surface area contributed by atoms with Gasteiger partial charge in [0.05, 0.1) is 6.54 Å². The van der Waals surface area contributed by atoms with Crippen LogP contribution in [0.5, 0.6) is 0 Å². The second-order valence-electron chi connectivity index (χ2n) is 5.15. The Bertz CT molecular complexity index is 405. The van der Waals surface area contributed by atoms with Crippen molar-refractivity contribution in [1.29, 1.82) is 0 Å². The monoisotopic (exact) mass is 232 g/mol. The summed E-state index contributed by atoms with van der Waals surface area (Å²) in [6.07, 6.45) is 6.64. The highest BCUT2D eigenvalue weighted by Gasteiger charge is 2.21. The molecule has 4 heteroatoms. The van der Waals surface area contributed by atoms with E-state index >= 15 is 0 Å².